The average Bonchev–Trinajstić information content (AvgIpc) is 2.75. The number of benzene rings is 2. The first kappa shape index (κ1) is 20.3. The normalized spacial score (nSPS) is 14.6. The van der Waals surface area contributed by atoms with Crippen molar-refractivity contribution in [2.45, 2.75) is 6.54 Å². The van der Waals surface area contributed by atoms with Crippen molar-refractivity contribution in [1.82, 2.24) is 19.8 Å². The van der Waals surface area contributed by atoms with Crippen LogP contribution in [0.2, 0.25) is 5.02 Å². The molecule has 1 fully saturated rings. The van der Waals surface area contributed by atoms with Crippen LogP contribution in [0.15, 0.2) is 41.2 Å². The quantitative estimate of drug-likeness (QED) is 0.673. The summed E-state index contributed by atoms with van der Waals surface area (Å²) in [5, 5.41) is 12.8. The molecule has 1 saturated heterocycles. The Morgan fingerprint density at radius 3 is 2.80 bits per heavy atom. The molecular formula is C21H19ClFN5O2. The number of nitrogens with zero attached hydrogens (tertiary/aromatic N) is 4. The number of ether oxygens (including phenoxy) is 1. The van der Waals surface area contributed by atoms with Crippen molar-refractivity contribution in [3.63, 3.8) is 0 Å². The van der Waals surface area contributed by atoms with Crippen molar-refractivity contribution in [2.24, 2.45) is 0 Å². The van der Waals surface area contributed by atoms with Crippen LogP contribution in [0.25, 0.3) is 16.6 Å². The Bertz CT molecular complexity index is 1180. The van der Waals surface area contributed by atoms with E-state index >= 15 is 0 Å². The molecule has 0 unspecified atom stereocenters. The van der Waals surface area contributed by atoms with Crippen LogP contribution in [0.1, 0.15) is 5.82 Å². The lowest BCUT2D eigenvalue weighted by atomic mass is 10.2. The van der Waals surface area contributed by atoms with Gasteiger partial charge in [-0.2, -0.15) is 5.26 Å². The Morgan fingerprint density at radius 2 is 2.03 bits per heavy atom. The van der Waals surface area contributed by atoms with E-state index in [0.717, 1.165) is 26.2 Å². The molecule has 9 heteroatoms. The number of fused-ring (bicyclic) bond motifs is 1. The highest BCUT2D eigenvalue weighted by Crippen LogP contribution is 2.28. The summed E-state index contributed by atoms with van der Waals surface area (Å²) in [5.41, 5.74) is 0.424. The van der Waals surface area contributed by atoms with Gasteiger partial charge in [-0.05, 0) is 30.3 Å². The Morgan fingerprint density at radius 1 is 1.23 bits per heavy atom. The molecule has 1 aliphatic heterocycles. The summed E-state index contributed by atoms with van der Waals surface area (Å²) < 4.78 is 20.8. The highest BCUT2D eigenvalue weighted by atomic mass is 35.5. The van der Waals surface area contributed by atoms with Gasteiger partial charge < -0.3 is 10.1 Å². The van der Waals surface area contributed by atoms with E-state index in [0.29, 0.717) is 28.6 Å². The second-order valence-corrected chi connectivity index (χ2v) is 7.35. The Kier molecular flexibility index (Phi) is 5.95. The summed E-state index contributed by atoms with van der Waals surface area (Å²) in [6.07, 6.45) is 0. The van der Waals surface area contributed by atoms with E-state index < -0.39 is 11.4 Å². The molecule has 1 aliphatic rings. The highest BCUT2D eigenvalue weighted by molar-refractivity contribution is 6.30. The molecule has 7 nitrogen and oxygen atoms in total. The highest BCUT2D eigenvalue weighted by Gasteiger charge is 2.20. The van der Waals surface area contributed by atoms with Crippen molar-refractivity contribution < 1.29 is 9.13 Å². The first-order valence-electron chi connectivity index (χ1n) is 9.51. The molecule has 30 heavy (non-hydrogen) atoms. The minimum Gasteiger partial charge on any atom is -0.476 e. The zero-order chi connectivity index (χ0) is 21.1. The molecule has 1 aromatic heterocycles. The third-order valence-corrected chi connectivity index (χ3v) is 5.16. The molecule has 2 heterocycles. The summed E-state index contributed by atoms with van der Waals surface area (Å²) in [7, 11) is 0. The van der Waals surface area contributed by atoms with Gasteiger partial charge in [-0.1, -0.05) is 11.6 Å². The molecule has 1 N–H and O–H groups in total. The van der Waals surface area contributed by atoms with Crippen LogP contribution in [0, 0.1) is 17.1 Å². The van der Waals surface area contributed by atoms with E-state index in [4.69, 9.17) is 21.6 Å². The molecular weight excluding hydrogens is 409 g/mol. The maximum atomic E-state index is 13.9. The van der Waals surface area contributed by atoms with E-state index in [-0.39, 0.29) is 17.7 Å². The van der Waals surface area contributed by atoms with Crippen LogP contribution in [0.3, 0.4) is 0 Å². The Balaban J connectivity index is 1.92. The number of nitrogens with one attached hydrogen (secondary N) is 1. The number of hydrogen-bond donors (Lipinski definition) is 1. The summed E-state index contributed by atoms with van der Waals surface area (Å²) in [6.45, 7) is 3.56. The summed E-state index contributed by atoms with van der Waals surface area (Å²) >= 11 is 6.10. The summed E-state index contributed by atoms with van der Waals surface area (Å²) in [4.78, 5) is 20.3. The molecule has 0 spiro atoms. The van der Waals surface area contributed by atoms with Gasteiger partial charge in [-0.3, -0.25) is 14.3 Å². The van der Waals surface area contributed by atoms with Gasteiger partial charge >= 0.3 is 0 Å². The third-order valence-electron chi connectivity index (χ3n) is 4.93. The van der Waals surface area contributed by atoms with Crippen molar-refractivity contribution in [1.29, 1.82) is 5.26 Å². The average molecular weight is 428 g/mol. The van der Waals surface area contributed by atoms with E-state index in [1.54, 1.807) is 18.2 Å². The number of piperazine rings is 1. The van der Waals surface area contributed by atoms with Gasteiger partial charge in [0.05, 0.1) is 23.1 Å². The van der Waals surface area contributed by atoms with E-state index in [1.807, 2.05) is 6.07 Å². The molecule has 154 valence electrons. The predicted octanol–water partition coefficient (Wildman–Crippen LogP) is 2.49. The summed E-state index contributed by atoms with van der Waals surface area (Å²) in [5.74, 6) is 0.273. The fourth-order valence-electron chi connectivity index (χ4n) is 3.53. The van der Waals surface area contributed by atoms with Crippen LogP contribution in [-0.4, -0.2) is 47.2 Å². The standard InChI is InChI=1S/C21H19ClFN5O2/c22-14-1-4-18(19(11-14)30-10-5-24)28-20(13-27-8-6-25-7-9-27)26-17-3-2-15(23)12-16(17)21(28)29/h1-4,11-12,25H,6-10,13H2. The van der Waals surface area contributed by atoms with E-state index in [9.17, 15) is 9.18 Å². The molecule has 3 aromatic rings. The Labute approximate surface area is 177 Å². The fraction of sp³-hybridized carbons (Fsp3) is 0.286. The van der Waals surface area contributed by atoms with Crippen LogP contribution < -0.4 is 15.6 Å². The molecule has 0 bridgehead atoms. The van der Waals surface area contributed by atoms with Gasteiger partial charge in [-0.15, -0.1) is 0 Å². The van der Waals surface area contributed by atoms with Crippen LogP contribution in [0.4, 0.5) is 4.39 Å². The molecule has 0 atom stereocenters. The van der Waals surface area contributed by atoms with Crippen molar-refractivity contribution in [3.05, 3.63) is 63.4 Å². The van der Waals surface area contributed by atoms with E-state index in [2.05, 4.69) is 15.2 Å². The first-order valence-corrected chi connectivity index (χ1v) is 9.88. The number of rotatable bonds is 5. The van der Waals surface area contributed by atoms with Gasteiger partial charge in [0.15, 0.2) is 6.61 Å². The van der Waals surface area contributed by atoms with Crippen LogP contribution in [0.5, 0.6) is 5.75 Å². The van der Waals surface area contributed by atoms with Crippen LogP contribution in [-0.2, 0) is 6.54 Å². The lowest BCUT2D eigenvalue weighted by Crippen LogP contribution is -2.44. The van der Waals surface area contributed by atoms with Crippen molar-refractivity contribution in [2.75, 3.05) is 32.8 Å². The third kappa shape index (κ3) is 4.14. The van der Waals surface area contributed by atoms with E-state index in [1.165, 1.54) is 22.8 Å². The molecule has 0 radical (unpaired) electrons. The van der Waals surface area contributed by atoms with Crippen molar-refractivity contribution in [3.8, 4) is 17.5 Å². The topological polar surface area (TPSA) is 83.2 Å². The van der Waals surface area contributed by atoms with Gasteiger partial charge in [0.25, 0.3) is 5.56 Å². The number of halogens is 2. The lowest BCUT2D eigenvalue weighted by Gasteiger charge is -2.28. The second kappa shape index (κ2) is 8.79. The lowest BCUT2D eigenvalue weighted by molar-refractivity contribution is 0.226. The first-order chi connectivity index (χ1) is 14.6. The largest absolute Gasteiger partial charge is 0.476 e. The second-order valence-electron chi connectivity index (χ2n) is 6.92. The molecule has 4 rings (SSSR count). The fourth-order valence-corrected chi connectivity index (χ4v) is 3.69. The maximum absolute atomic E-state index is 13.9. The number of nitriles is 1. The molecule has 2 aromatic carbocycles. The zero-order valence-corrected chi connectivity index (χ0v) is 16.8. The number of hydrogen-bond acceptors (Lipinski definition) is 6. The minimum atomic E-state index is -0.514. The smallest absolute Gasteiger partial charge is 0.266 e. The summed E-state index contributed by atoms with van der Waals surface area (Å²) in [6, 6.07) is 10.7. The predicted molar refractivity (Wildman–Crippen MR) is 112 cm³/mol. The van der Waals surface area contributed by atoms with Crippen LogP contribution >= 0.6 is 11.6 Å². The monoisotopic (exact) mass is 427 g/mol. The SMILES string of the molecule is N#CCOc1cc(Cl)ccc1-n1c(CN2CCNCC2)nc2ccc(F)cc2c1=O. The Hall–Kier alpha value is -2.99. The molecule has 0 saturated carbocycles. The number of aromatic nitrogens is 2. The minimum absolute atomic E-state index is 0.167. The molecule has 0 aliphatic carbocycles. The molecule has 0 amide bonds. The zero-order valence-electron chi connectivity index (χ0n) is 16.1. The van der Waals surface area contributed by atoms with Gasteiger partial charge in [0, 0.05) is 37.3 Å². The maximum Gasteiger partial charge on any atom is 0.266 e. The van der Waals surface area contributed by atoms with Crippen molar-refractivity contribution >= 4 is 22.5 Å². The van der Waals surface area contributed by atoms with Gasteiger partial charge in [0.1, 0.15) is 23.5 Å². The van der Waals surface area contributed by atoms with Gasteiger partial charge in [0.2, 0.25) is 0 Å². The van der Waals surface area contributed by atoms with Gasteiger partial charge in [-0.25, -0.2) is 9.37 Å².